The van der Waals surface area contributed by atoms with Gasteiger partial charge in [-0.25, -0.2) is 12.4 Å². The second-order valence-corrected chi connectivity index (χ2v) is 9.42. The monoisotopic (exact) mass is 416 g/mol. The second kappa shape index (κ2) is 6.57. The van der Waals surface area contributed by atoms with E-state index < -0.39 is 15.9 Å². The van der Waals surface area contributed by atoms with Crippen LogP contribution in [0.5, 0.6) is 0 Å². The average Bonchev–Trinajstić information content (AvgIpc) is 3.25. The molecule has 0 fully saturated rings. The Labute approximate surface area is 175 Å². The highest BCUT2D eigenvalue weighted by molar-refractivity contribution is 7.90. The number of hydrogen-bond acceptors (Lipinski definition) is 3. The zero-order valence-electron chi connectivity index (χ0n) is 16.6. The van der Waals surface area contributed by atoms with Crippen molar-refractivity contribution < 1.29 is 13.2 Å². The summed E-state index contributed by atoms with van der Waals surface area (Å²) in [5.74, 6) is -0.600. The maximum absolute atomic E-state index is 13.4. The van der Waals surface area contributed by atoms with Crippen LogP contribution in [0.1, 0.15) is 22.6 Å². The number of fused-ring (bicyclic) bond motifs is 2. The maximum atomic E-state index is 13.4. The van der Waals surface area contributed by atoms with Crippen LogP contribution in [-0.2, 0) is 14.8 Å². The van der Waals surface area contributed by atoms with Crippen LogP contribution in [0.3, 0.4) is 0 Å². The number of rotatable bonds is 3. The van der Waals surface area contributed by atoms with Crippen molar-refractivity contribution in [2.75, 3.05) is 11.9 Å². The van der Waals surface area contributed by atoms with Gasteiger partial charge in [-0.15, -0.1) is 0 Å². The fourth-order valence-corrected chi connectivity index (χ4v) is 5.59. The molecule has 0 saturated heterocycles. The number of hydrogen-bond donors (Lipinski definition) is 0. The molecule has 0 spiro atoms. The fraction of sp³-hybridized carbons (Fsp3) is 0.125. The maximum Gasteiger partial charge on any atom is 0.268 e. The number of likely N-dealkylation sites (N-methyl/N-ethyl adjacent to an activating group) is 1. The first kappa shape index (κ1) is 18.6. The molecular formula is C24H20N2O3S. The highest BCUT2D eigenvalue weighted by atomic mass is 32.2. The number of para-hydroxylation sites is 2. The van der Waals surface area contributed by atoms with E-state index >= 15 is 0 Å². The van der Waals surface area contributed by atoms with Gasteiger partial charge in [0, 0.05) is 24.3 Å². The summed E-state index contributed by atoms with van der Waals surface area (Å²) in [5.41, 5.74) is 3.99. The largest absolute Gasteiger partial charge is 0.314 e. The van der Waals surface area contributed by atoms with Crippen molar-refractivity contribution in [2.45, 2.75) is 17.7 Å². The van der Waals surface area contributed by atoms with Crippen LogP contribution in [0.25, 0.3) is 10.9 Å². The minimum atomic E-state index is -3.81. The molecule has 0 N–H and O–H groups in total. The van der Waals surface area contributed by atoms with Gasteiger partial charge in [-0.2, -0.15) is 0 Å². The van der Waals surface area contributed by atoms with Gasteiger partial charge in [0.05, 0.1) is 16.3 Å². The molecule has 0 saturated carbocycles. The van der Waals surface area contributed by atoms with E-state index in [1.807, 2.05) is 49.4 Å². The van der Waals surface area contributed by atoms with E-state index in [1.165, 1.54) is 3.97 Å². The van der Waals surface area contributed by atoms with Crippen LogP contribution in [0.15, 0.2) is 83.9 Å². The third-order valence-electron chi connectivity index (χ3n) is 5.78. The first-order valence-corrected chi connectivity index (χ1v) is 11.1. The van der Waals surface area contributed by atoms with E-state index in [2.05, 4.69) is 0 Å². The van der Waals surface area contributed by atoms with Gasteiger partial charge in [0.25, 0.3) is 10.0 Å². The zero-order chi connectivity index (χ0) is 21.0. The van der Waals surface area contributed by atoms with Gasteiger partial charge in [-0.3, -0.25) is 4.79 Å². The topological polar surface area (TPSA) is 59.4 Å². The van der Waals surface area contributed by atoms with Crippen LogP contribution < -0.4 is 4.90 Å². The summed E-state index contributed by atoms with van der Waals surface area (Å²) in [4.78, 5) is 15.0. The van der Waals surface area contributed by atoms with Crippen molar-refractivity contribution in [3.8, 4) is 0 Å². The quantitative estimate of drug-likeness (QED) is 0.500. The molecule has 1 aliphatic rings. The van der Waals surface area contributed by atoms with Crippen molar-refractivity contribution in [1.29, 1.82) is 0 Å². The van der Waals surface area contributed by atoms with E-state index in [4.69, 9.17) is 0 Å². The molecule has 0 bridgehead atoms. The summed E-state index contributed by atoms with van der Waals surface area (Å²) in [5, 5.41) is 0.761. The van der Waals surface area contributed by atoms with Gasteiger partial charge < -0.3 is 4.90 Å². The summed E-state index contributed by atoms with van der Waals surface area (Å²) >= 11 is 0. The molecule has 3 aromatic carbocycles. The number of carbonyl (C=O) groups excluding carboxylic acids is 1. The number of benzene rings is 3. The Kier molecular flexibility index (Phi) is 4.08. The highest BCUT2D eigenvalue weighted by Gasteiger charge is 2.38. The Hall–Kier alpha value is -3.38. The van der Waals surface area contributed by atoms with Gasteiger partial charge in [0.1, 0.15) is 0 Å². The Morgan fingerprint density at radius 3 is 2.27 bits per heavy atom. The molecule has 2 heterocycles. The van der Waals surface area contributed by atoms with Gasteiger partial charge in [0.2, 0.25) is 5.91 Å². The smallest absolute Gasteiger partial charge is 0.268 e. The van der Waals surface area contributed by atoms with E-state index in [-0.39, 0.29) is 10.8 Å². The highest BCUT2D eigenvalue weighted by Crippen LogP contribution is 2.43. The lowest BCUT2D eigenvalue weighted by molar-refractivity contribution is -0.118. The molecule has 0 radical (unpaired) electrons. The summed E-state index contributed by atoms with van der Waals surface area (Å²) in [7, 11) is -2.05. The molecular weight excluding hydrogens is 396 g/mol. The van der Waals surface area contributed by atoms with E-state index in [0.29, 0.717) is 11.1 Å². The van der Waals surface area contributed by atoms with Gasteiger partial charge in [-0.1, -0.05) is 54.1 Å². The number of carbonyl (C=O) groups is 1. The van der Waals surface area contributed by atoms with Crippen LogP contribution in [0.2, 0.25) is 0 Å². The third-order valence-corrected chi connectivity index (χ3v) is 7.47. The molecule has 1 unspecified atom stereocenters. The van der Waals surface area contributed by atoms with Gasteiger partial charge in [0.15, 0.2) is 0 Å². The lowest BCUT2D eigenvalue weighted by Gasteiger charge is -2.10. The number of amides is 1. The number of aryl methyl sites for hydroxylation is 1. The van der Waals surface area contributed by atoms with E-state index in [9.17, 15) is 13.2 Å². The molecule has 4 aromatic rings. The molecule has 1 aromatic heterocycles. The molecule has 5 nitrogen and oxygen atoms in total. The number of aromatic nitrogens is 1. The lowest BCUT2D eigenvalue weighted by Crippen LogP contribution is -2.24. The molecule has 150 valence electrons. The first-order chi connectivity index (χ1) is 14.4. The normalized spacial score (nSPS) is 16.3. The Balaban J connectivity index is 1.75. The van der Waals surface area contributed by atoms with Crippen LogP contribution in [-0.4, -0.2) is 25.3 Å². The molecule has 5 rings (SSSR count). The van der Waals surface area contributed by atoms with Crippen LogP contribution in [0, 0.1) is 6.92 Å². The van der Waals surface area contributed by atoms with Crippen molar-refractivity contribution in [2.24, 2.45) is 0 Å². The van der Waals surface area contributed by atoms with Crippen molar-refractivity contribution >= 4 is 32.5 Å². The number of nitrogens with zero attached hydrogens (tertiary/aromatic N) is 2. The van der Waals surface area contributed by atoms with Gasteiger partial charge >= 0.3 is 0 Å². The number of anilines is 1. The van der Waals surface area contributed by atoms with E-state index in [1.54, 1.807) is 48.5 Å². The molecule has 30 heavy (non-hydrogen) atoms. The Morgan fingerprint density at radius 2 is 1.50 bits per heavy atom. The summed E-state index contributed by atoms with van der Waals surface area (Å²) in [6.45, 7) is 1.92. The van der Waals surface area contributed by atoms with E-state index in [0.717, 1.165) is 22.2 Å². The standard InChI is InChI=1S/C24H20N2O3S/c1-16-11-13-17(14-12-16)30(28,29)26-15-20(18-7-3-6-10-22(18)26)23-19-8-4-5-9-21(19)25(2)24(23)27/h3-15,23H,1-2H3. The molecule has 1 aliphatic heterocycles. The summed E-state index contributed by atoms with van der Waals surface area (Å²) in [6, 6.07) is 21.8. The van der Waals surface area contributed by atoms with Crippen molar-refractivity contribution in [1.82, 2.24) is 3.97 Å². The zero-order valence-corrected chi connectivity index (χ0v) is 17.4. The van der Waals surface area contributed by atoms with Crippen molar-refractivity contribution in [3.05, 3.63) is 95.7 Å². The lowest BCUT2D eigenvalue weighted by atomic mass is 9.92. The Bertz CT molecular complexity index is 1400. The summed E-state index contributed by atoms with van der Waals surface area (Å²) in [6.07, 6.45) is 1.61. The SMILES string of the molecule is Cc1ccc(S(=O)(=O)n2cc(C3C(=O)N(C)c4ccccc43)c3ccccc32)cc1. The first-order valence-electron chi connectivity index (χ1n) is 9.68. The molecule has 1 atom stereocenters. The molecule has 0 aliphatic carbocycles. The van der Waals surface area contributed by atoms with Crippen molar-refractivity contribution in [3.63, 3.8) is 0 Å². The summed E-state index contributed by atoms with van der Waals surface area (Å²) < 4.78 is 28.2. The second-order valence-electron chi connectivity index (χ2n) is 7.60. The van der Waals surface area contributed by atoms with Gasteiger partial charge in [-0.05, 0) is 42.3 Å². The minimum Gasteiger partial charge on any atom is -0.314 e. The van der Waals surface area contributed by atoms with Crippen LogP contribution >= 0.6 is 0 Å². The predicted octanol–water partition coefficient (Wildman–Crippen LogP) is 4.30. The third kappa shape index (κ3) is 2.60. The molecule has 6 heteroatoms. The minimum absolute atomic E-state index is 0.0631. The predicted molar refractivity (Wildman–Crippen MR) is 117 cm³/mol. The average molecular weight is 417 g/mol. The molecule has 1 amide bonds. The fourth-order valence-electron chi connectivity index (χ4n) is 4.21. The van der Waals surface area contributed by atoms with Crippen LogP contribution in [0.4, 0.5) is 5.69 Å². The Morgan fingerprint density at radius 1 is 0.833 bits per heavy atom.